The van der Waals surface area contributed by atoms with Gasteiger partial charge in [0.2, 0.25) is 0 Å². The second-order valence-electron chi connectivity index (χ2n) is 6.59. The maximum absolute atomic E-state index is 10.4. The zero-order valence-electron chi connectivity index (χ0n) is 16.6. The van der Waals surface area contributed by atoms with Crippen LogP contribution in [-0.4, -0.2) is 20.1 Å². The van der Waals surface area contributed by atoms with E-state index in [1.807, 2.05) is 61.5 Å². The minimum Gasteiger partial charge on any atom is -0.507 e. The molecule has 1 N–H and O–H groups in total. The quantitative estimate of drug-likeness (QED) is 0.480. The third-order valence-electron chi connectivity index (χ3n) is 4.56. The number of rotatable bonds is 4. The maximum atomic E-state index is 10.4. The fraction of sp³-hybridized carbons (Fsp3) is 0.0800. The molecule has 0 aliphatic heterocycles. The number of phenols is 1. The molecular formula is C25H19N3O2. The summed E-state index contributed by atoms with van der Waals surface area (Å²) in [5.74, 6) is 4.73. The Labute approximate surface area is 175 Å². The molecule has 0 spiro atoms. The highest BCUT2D eigenvalue weighted by atomic mass is 16.5. The zero-order chi connectivity index (χ0) is 20.9. The van der Waals surface area contributed by atoms with Crippen LogP contribution in [0, 0.1) is 19.0 Å². The molecule has 0 saturated heterocycles. The van der Waals surface area contributed by atoms with E-state index in [2.05, 4.69) is 22.0 Å². The van der Waals surface area contributed by atoms with Crippen molar-refractivity contribution in [3.05, 3.63) is 78.4 Å². The Hall–Kier alpha value is -4.17. The van der Waals surface area contributed by atoms with E-state index in [1.165, 1.54) is 0 Å². The normalized spacial score (nSPS) is 10.2. The number of para-hydroxylation sites is 2. The van der Waals surface area contributed by atoms with Crippen molar-refractivity contribution in [2.24, 2.45) is 0 Å². The molecule has 5 heteroatoms. The fourth-order valence-electron chi connectivity index (χ4n) is 3.07. The second-order valence-corrected chi connectivity index (χ2v) is 6.59. The molecule has 0 fully saturated rings. The van der Waals surface area contributed by atoms with E-state index in [4.69, 9.17) is 9.72 Å². The minimum atomic E-state index is 0.103. The third-order valence-corrected chi connectivity index (χ3v) is 4.56. The molecule has 0 aliphatic carbocycles. The summed E-state index contributed by atoms with van der Waals surface area (Å²) < 4.78 is 5.57. The van der Waals surface area contributed by atoms with E-state index in [0.717, 1.165) is 11.1 Å². The number of aromatic nitrogens is 3. The van der Waals surface area contributed by atoms with Gasteiger partial charge in [-0.3, -0.25) is 0 Å². The van der Waals surface area contributed by atoms with E-state index < -0.39 is 0 Å². The van der Waals surface area contributed by atoms with Crippen LogP contribution in [0.4, 0.5) is 0 Å². The molecule has 0 bridgehead atoms. The van der Waals surface area contributed by atoms with Gasteiger partial charge in [-0.05, 0) is 36.8 Å². The number of aryl methyl sites for hydroxylation is 1. The van der Waals surface area contributed by atoms with Crippen LogP contribution in [0.2, 0.25) is 0 Å². The molecule has 0 radical (unpaired) electrons. The van der Waals surface area contributed by atoms with Crippen molar-refractivity contribution >= 4 is 0 Å². The van der Waals surface area contributed by atoms with Crippen LogP contribution in [0.5, 0.6) is 11.5 Å². The van der Waals surface area contributed by atoms with Crippen LogP contribution >= 0.6 is 0 Å². The van der Waals surface area contributed by atoms with Crippen LogP contribution in [0.1, 0.15) is 12.5 Å². The molecule has 4 aromatic rings. The van der Waals surface area contributed by atoms with Crippen molar-refractivity contribution < 1.29 is 9.84 Å². The van der Waals surface area contributed by atoms with E-state index in [9.17, 15) is 5.11 Å². The number of ether oxygens (including phenoxy) is 1. The van der Waals surface area contributed by atoms with Gasteiger partial charge >= 0.3 is 0 Å². The van der Waals surface area contributed by atoms with E-state index in [1.54, 1.807) is 25.1 Å². The third kappa shape index (κ3) is 3.85. The molecule has 1 heterocycles. The highest BCUT2D eigenvalue weighted by Gasteiger charge is 2.17. The number of nitrogens with zero attached hydrogens (tertiary/aromatic N) is 3. The Bertz CT molecular complexity index is 1210. The van der Waals surface area contributed by atoms with Gasteiger partial charge in [0.05, 0.1) is 11.1 Å². The van der Waals surface area contributed by atoms with Gasteiger partial charge in [-0.2, -0.15) is 0 Å². The van der Waals surface area contributed by atoms with Gasteiger partial charge < -0.3 is 9.84 Å². The van der Waals surface area contributed by atoms with Gasteiger partial charge in [0, 0.05) is 12.5 Å². The van der Waals surface area contributed by atoms with Gasteiger partial charge in [-0.1, -0.05) is 54.5 Å². The first-order valence-corrected chi connectivity index (χ1v) is 9.46. The average molecular weight is 393 g/mol. The van der Waals surface area contributed by atoms with Crippen LogP contribution in [-0.2, 0) is 0 Å². The number of hydrogen-bond acceptors (Lipinski definition) is 5. The van der Waals surface area contributed by atoms with Crippen molar-refractivity contribution in [3.63, 3.8) is 0 Å². The van der Waals surface area contributed by atoms with Gasteiger partial charge in [0.15, 0.2) is 23.2 Å². The number of benzene rings is 3. The fourth-order valence-corrected chi connectivity index (χ4v) is 3.07. The van der Waals surface area contributed by atoms with Crippen molar-refractivity contribution in [1.82, 2.24) is 15.0 Å². The Morgan fingerprint density at radius 2 is 1.23 bits per heavy atom. The summed E-state index contributed by atoms with van der Waals surface area (Å²) in [6.45, 7) is 3.71. The van der Waals surface area contributed by atoms with Crippen LogP contribution in [0.15, 0.2) is 72.8 Å². The minimum absolute atomic E-state index is 0.103. The summed E-state index contributed by atoms with van der Waals surface area (Å²) in [4.78, 5) is 14.0. The first kappa shape index (κ1) is 19.2. The van der Waals surface area contributed by atoms with E-state index in [0.29, 0.717) is 34.3 Å². The molecule has 0 amide bonds. The molecule has 1 aromatic heterocycles. The molecule has 0 aliphatic rings. The van der Waals surface area contributed by atoms with E-state index in [-0.39, 0.29) is 5.75 Å². The lowest BCUT2D eigenvalue weighted by Gasteiger charge is -2.11. The standard InChI is InChI=1S/C25H19N3O2/c1-3-16-30-22-15-9-7-13-20(22)25-27-23(18-11-5-4-10-17(18)2)26-24(28-25)19-12-6-8-14-21(19)29/h4-15,29H,1-2H3. The highest BCUT2D eigenvalue weighted by Crippen LogP contribution is 2.33. The van der Waals surface area contributed by atoms with Crippen LogP contribution in [0.3, 0.4) is 0 Å². The summed E-state index contributed by atoms with van der Waals surface area (Å²) in [6, 6.07) is 22.3. The van der Waals surface area contributed by atoms with E-state index >= 15 is 0 Å². The summed E-state index contributed by atoms with van der Waals surface area (Å²) in [7, 11) is 0. The lowest BCUT2D eigenvalue weighted by Crippen LogP contribution is -2.02. The SMILES string of the molecule is CC#COc1ccccc1-c1nc(-c2ccccc2C)nc(-c2ccccc2O)n1. The zero-order valence-corrected chi connectivity index (χ0v) is 16.6. The largest absolute Gasteiger partial charge is 0.507 e. The molecule has 30 heavy (non-hydrogen) atoms. The number of phenolic OH excluding ortho intramolecular Hbond substituents is 1. The monoisotopic (exact) mass is 393 g/mol. The molecule has 4 rings (SSSR count). The highest BCUT2D eigenvalue weighted by molar-refractivity contribution is 5.72. The maximum Gasteiger partial charge on any atom is 0.167 e. The van der Waals surface area contributed by atoms with Crippen molar-refractivity contribution in [2.45, 2.75) is 13.8 Å². The average Bonchev–Trinajstić information content (AvgIpc) is 2.78. The van der Waals surface area contributed by atoms with Gasteiger partial charge in [0.25, 0.3) is 0 Å². The Morgan fingerprint density at radius 3 is 1.90 bits per heavy atom. The molecule has 5 nitrogen and oxygen atoms in total. The number of hydrogen-bond donors (Lipinski definition) is 1. The second kappa shape index (κ2) is 8.46. The van der Waals surface area contributed by atoms with Crippen molar-refractivity contribution in [3.8, 4) is 57.7 Å². The lowest BCUT2D eigenvalue weighted by molar-refractivity contribution is 0.477. The topological polar surface area (TPSA) is 68.1 Å². The van der Waals surface area contributed by atoms with Gasteiger partial charge in [0.1, 0.15) is 11.9 Å². The van der Waals surface area contributed by atoms with Gasteiger partial charge in [-0.15, -0.1) is 0 Å². The number of aromatic hydroxyl groups is 1. The Balaban J connectivity index is 1.97. The van der Waals surface area contributed by atoms with Crippen molar-refractivity contribution in [2.75, 3.05) is 0 Å². The molecule has 0 saturated carbocycles. The van der Waals surface area contributed by atoms with Crippen LogP contribution < -0.4 is 4.74 Å². The lowest BCUT2D eigenvalue weighted by atomic mass is 10.1. The predicted molar refractivity (Wildman–Crippen MR) is 117 cm³/mol. The Kier molecular flexibility index (Phi) is 5.40. The Morgan fingerprint density at radius 1 is 0.700 bits per heavy atom. The summed E-state index contributed by atoms with van der Waals surface area (Å²) in [6.07, 6.45) is 2.62. The summed E-state index contributed by atoms with van der Waals surface area (Å²) in [5.41, 5.74) is 3.15. The first-order valence-electron chi connectivity index (χ1n) is 9.46. The molecule has 3 aromatic carbocycles. The predicted octanol–water partition coefficient (Wildman–Crippen LogP) is 5.25. The van der Waals surface area contributed by atoms with Gasteiger partial charge in [-0.25, -0.2) is 15.0 Å². The molecule has 0 atom stereocenters. The summed E-state index contributed by atoms with van der Waals surface area (Å²) in [5, 5.41) is 10.4. The molecular weight excluding hydrogens is 374 g/mol. The first-order chi connectivity index (χ1) is 14.7. The summed E-state index contributed by atoms with van der Waals surface area (Å²) >= 11 is 0. The molecule has 146 valence electrons. The molecule has 0 unspecified atom stereocenters. The van der Waals surface area contributed by atoms with Crippen molar-refractivity contribution in [1.29, 1.82) is 0 Å². The van der Waals surface area contributed by atoms with Crippen LogP contribution in [0.25, 0.3) is 34.2 Å². The smallest absolute Gasteiger partial charge is 0.167 e.